The summed E-state index contributed by atoms with van der Waals surface area (Å²) in [5, 5.41) is 10.4. The van der Waals surface area contributed by atoms with E-state index in [4.69, 9.17) is 4.74 Å². The predicted octanol–water partition coefficient (Wildman–Crippen LogP) is 3.26. The van der Waals surface area contributed by atoms with Crippen molar-refractivity contribution in [2.24, 2.45) is 0 Å². The van der Waals surface area contributed by atoms with Gasteiger partial charge in [0.15, 0.2) is 0 Å². The number of para-hydroxylation sites is 1. The SMILES string of the molecule is CCN(CC(O)c1ccc(OC)cc1)c1ccccc1. The predicted molar refractivity (Wildman–Crippen MR) is 82.3 cm³/mol. The highest BCUT2D eigenvalue weighted by Gasteiger charge is 2.13. The lowest BCUT2D eigenvalue weighted by molar-refractivity contribution is 0.183. The Morgan fingerprint density at radius 2 is 1.70 bits per heavy atom. The monoisotopic (exact) mass is 271 g/mol. The van der Waals surface area contributed by atoms with E-state index in [1.807, 2.05) is 42.5 Å². The fourth-order valence-electron chi connectivity index (χ4n) is 2.20. The van der Waals surface area contributed by atoms with E-state index in [1.54, 1.807) is 7.11 Å². The van der Waals surface area contributed by atoms with E-state index in [0.717, 1.165) is 23.5 Å². The van der Waals surface area contributed by atoms with Crippen molar-refractivity contribution in [2.45, 2.75) is 13.0 Å². The summed E-state index contributed by atoms with van der Waals surface area (Å²) in [6.45, 7) is 3.53. The maximum Gasteiger partial charge on any atom is 0.118 e. The normalized spacial score (nSPS) is 11.9. The van der Waals surface area contributed by atoms with Crippen LogP contribution in [0.25, 0.3) is 0 Å². The van der Waals surface area contributed by atoms with Gasteiger partial charge in [-0.2, -0.15) is 0 Å². The van der Waals surface area contributed by atoms with Crippen molar-refractivity contribution in [3.05, 3.63) is 60.2 Å². The number of hydrogen-bond acceptors (Lipinski definition) is 3. The molecule has 106 valence electrons. The first kappa shape index (κ1) is 14.4. The summed E-state index contributed by atoms with van der Waals surface area (Å²) in [5.74, 6) is 0.802. The Labute approximate surface area is 120 Å². The second kappa shape index (κ2) is 6.96. The molecule has 0 spiro atoms. The highest BCUT2D eigenvalue weighted by atomic mass is 16.5. The van der Waals surface area contributed by atoms with Crippen molar-refractivity contribution in [3.63, 3.8) is 0 Å². The first-order valence-corrected chi connectivity index (χ1v) is 6.86. The van der Waals surface area contributed by atoms with Crippen LogP contribution in [0.3, 0.4) is 0 Å². The number of aliphatic hydroxyl groups excluding tert-OH is 1. The van der Waals surface area contributed by atoms with E-state index < -0.39 is 6.10 Å². The van der Waals surface area contributed by atoms with Crippen molar-refractivity contribution in [1.82, 2.24) is 0 Å². The lowest BCUT2D eigenvalue weighted by atomic mass is 10.1. The number of nitrogens with zero attached hydrogens (tertiary/aromatic N) is 1. The number of methoxy groups -OCH3 is 1. The molecular weight excluding hydrogens is 250 g/mol. The number of aliphatic hydroxyl groups is 1. The Hall–Kier alpha value is -2.00. The third-order valence-electron chi connectivity index (χ3n) is 3.40. The third-order valence-corrected chi connectivity index (χ3v) is 3.40. The summed E-state index contributed by atoms with van der Waals surface area (Å²) in [5.41, 5.74) is 2.03. The summed E-state index contributed by atoms with van der Waals surface area (Å²) in [7, 11) is 1.64. The van der Waals surface area contributed by atoms with Crippen LogP contribution in [-0.2, 0) is 0 Å². The summed E-state index contributed by atoms with van der Waals surface area (Å²) >= 11 is 0. The molecule has 3 heteroatoms. The van der Waals surface area contributed by atoms with Crippen LogP contribution < -0.4 is 9.64 Å². The summed E-state index contributed by atoms with van der Waals surface area (Å²) in [6, 6.07) is 17.7. The van der Waals surface area contributed by atoms with Crippen molar-refractivity contribution in [3.8, 4) is 5.75 Å². The number of likely N-dealkylation sites (N-methyl/N-ethyl adjacent to an activating group) is 1. The zero-order valence-corrected chi connectivity index (χ0v) is 12.0. The average Bonchev–Trinajstić information content (AvgIpc) is 2.53. The maximum atomic E-state index is 10.4. The largest absolute Gasteiger partial charge is 0.497 e. The van der Waals surface area contributed by atoms with Crippen LogP contribution >= 0.6 is 0 Å². The van der Waals surface area contributed by atoms with E-state index in [9.17, 15) is 5.11 Å². The van der Waals surface area contributed by atoms with Crippen LogP contribution in [0, 0.1) is 0 Å². The van der Waals surface area contributed by atoms with Crippen molar-refractivity contribution < 1.29 is 9.84 Å². The molecular formula is C17H21NO2. The first-order valence-electron chi connectivity index (χ1n) is 6.86. The van der Waals surface area contributed by atoms with Gasteiger partial charge in [-0.25, -0.2) is 0 Å². The quantitative estimate of drug-likeness (QED) is 0.875. The Balaban J connectivity index is 2.06. The molecule has 2 aromatic rings. The number of benzene rings is 2. The van der Waals surface area contributed by atoms with Gasteiger partial charge in [0.2, 0.25) is 0 Å². The van der Waals surface area contributed by atoms with E-state index in [0.29, 0.717) is 6.54 Å². The molecule has 0 aliphatic heterocycles. The van der Waals surface area contributed by atoms with Gasteiger partial charge in [0.05, 0.1) is 13.2 Å². The summed E-state index contributed by atoms with van der Waals surface area (Å²) in [6.07, 6.45) is -0.513. The van der Waals surface area contributed by atoms with Gasteiger partial charge in [0.1, 0.15) is 5.75 Å². The molecule has 0 saturated carbocycles. The Bertz CT molecular complexity index is 510. The number of ether oxygens (including phenoxy) is 1. The van der Waals surface area contributed by atoms with Gasteiger partial charge in [-0.15, -0.1) is 0 Å². The van der Waals surface area contributed by atoms with Crippen LogP contribution in [0.1, 0.15) is 18.6 Å². The minimum Gasteiger partial charge on any atom is -0.497 e. The Morgan fingerprint density at radius 3 is 2.25 bits per heavy atom. The molecule has 0 saturated heterocycles. The molecule has 0 radical (unpaired) electrons. The van der Waals surface area contributed by atoms with Crippen molar-refractivity contribution in [2.75, 3.05) is 25.1 Å². The van der Waals surface area contributed by atoms with Gasteiger partial charge in [-0.05, 0) is 36.8 Å². The fourth-order valence-corrected chi connectivity index (χ4v) is 2.20. The van der Waals surface area contributed by atoms with E-state index in [1.165, 1.54) is 0 Å². The van der Waals surface area contributed by atoms with E-state index >= 15 is 0 Å². The smallest absolute Gasteiger partial charge is 0.118 e. The zero-order chi connectivity index (χ0) is 14.4. The van der Waals surface area contributed by atoms with Gasteiger partial charge in [0.25, 0.3) is 0 Å². The van der Waals surface area contributed by atoms with Crippen molar-refractivity contribution >= 4 is 5.69 Å². The average molecular weight is 271 g/mol. The Morgan fingerprint density at radius 1 is 1.05 bits per heavy atom. The van der Waals surface area contributed by atoms with Gasteiger partial charge < -0.3 is 14.7 Å². The van der Waals surface area contributed by atoms with Crippen LogP contribution in [0.4, 0.5) is 5.69 Å². The summed E-state index contributed by atoms with van der Waals surface area (Å²) in [4.78, 5) is 2.16. The van der Waals surface area contributed by atoms with Gasteiger partial charge in [0, 0.05) is 18.8 Å². The number of anilines is 1. The van der Waals surface area contributed by atoms with Gasteiger partial charge in [-0.3, -0.25) is 0 Å². The number of hydrogen-bond donors (Lipinski definition) is 1. The van der Waals surface area contributed by atoms with E-state index in [-0.39, 0.29) is 0 Å². The molecule has 1 unspecified atom stereocenters. The minimum atomic E-state index is -0.513. The highest BCUT2D eigenvalue weighted by molar-refractivity contribution is 5.46. The lowest BCUT2D eigenvalue weighted by Gasteiger charge is -2.26. The second-order valence-electron chi connectivity index (χ2n) is 4.66. The van der Waals surface area contributed by atoms with Gasteiger partial charge >= 0.3 is 0 Å². The van der Waals surface area contributed by atoms with Gasteiger partial charge in [-0.1, -0.05) is 30.3 Å². The van der Waals surface area contributed by atoms with Crippen LogP contribution in [0.5, 0.6) is 5.75 Å². The molecule has 0 fully saturated rings. The molecule has 0 heterocycles. The molecule has 1 N–H and O–H groups in total. The molecule has 20 heavy (non-hydrogen) atoms. The standard InChI is InChI=1S/C17H21NO2/c1-3-18(15-7-5-4-6-8-15)13-17(19)14-9-11-16(20-2)12-10-14/h4-12,17,19H,3,13H2,1-2H3. The number of rotatable bonds is 6. The minimum absolute atomic E-state index is 0.513. The fraction of sp³-hybridized carbons (Fsp3) is 0.294. The highest BCUT2D eigenvalue weighted by Crippen LogP contribution is 2.21. The van der Waals surface area contributed by atoms with Crippen molar-refractivity contribution in [1.29, 1.82) is 0 Å². The topological polar surface area (TPSA) is 32.7 Å². The van der Waals surface area contributed by atoms with Crippen LogP contribution in [0.2, 0.25) is 0 Å². The van der Waals surface area contributed by atoms with Crippen LogP contribution in [0.15, 0.2) is 54.6 Å². The molecule has 1 atom stereocenters. The molecule has 3 nitrogen and oxygen atoms in total. The Kier molecular flexibility index (Phi) is 5.02. The third kappa shape index (κ3) is 3.52. The second-order valence-corrected chi connectivity index (χ2v) is 4.66. The maximum absolute atomic E-state index is 10.4. The molecule has 0 aliphatic carbocycles. The molecule has 0 bridgehead atoms. The molecule has 0 amide bonds. The molecule has 2 aromatic carbocycles. The van der Waals surface area contributed by atoms with E-state index in [2.05, 4.69) is 24.0 Å². The van der Waals surface area contributed by atoms with Crippen LogP contribution in [-0.4, -0.2) is 25.3 Å². The first-order chi connectivity index (χ1) is 9.74. The molecule has 0 aliphatic rings. The zero-order valence-electron chi connectivity index (χ0n) is 12.0. The molecule has 2 rings (SSSR count). The summed E-state index contributed by atoms with van der Waals surface area (Å²) < 4.78 is 5.13. The lowest BCUT2D eigenvalue weighted by Crippen LogP contribution is -2.28. The molecule has 0 aromatic heterocycles.